The van der Waals surface area contributed by atoms with Gasteiger partial charge in [-0.3, -0.25) is 4.79 Å². The first kappa shape index (κ1) is 19.4. The predicted molar refractivity (Wildman–Crippen MR) is 117 cm³/mol. The molecule has 158 valence electrons. The highest BCUT2D eigenvalue weighted by molar-refractivity contribution is 6.07. The molecule has 0 aliphatic heterocycles. The third kappa shape index (κ3) is 3.81. The second-order valence-corrected chi connectivity index (χ2v) is 8.42. The summed E-state index contributed by atoms with van der Waals surface area (Å²) in [4.78, 5) is 21.9. The lowest BCUT2D eigenvalue weighted by Crippen LogP contribution is -2.15. The van der Waals surface area contributed by atoms with Gasteiger partial charge in [-0.2, -0.15) is 14.9 Å². The summed E-state index contributed by atoms with van der Waals surface area (Å²) in [7, 11) is 0. The Morgan fingerprint density at radius 3 is 2.74 bits per heavy atom. The van der Waals surface area contributed by atoms with Crippen LogP contribution in [0.5, 0.6) is 0 Å². The normalized spacial score (nSPS) is 18.9. The Balaban J connectivity index is 1.50. The van der Waals surface area contributed by atoms with E-state index in [-0.39, 0.29) is 5.91 Å². The Kier molecular flexibility index (Phi) is 4.97. The molecule has 0 aromatic carbocycles. The monoisotopic (exact) mass is 415 g/mol. The average Bonchev–Trinajstić information content (AvgIpc) is 3.39. The lowest BCUT2D eigenvalue weighted by atomic mass is 9.81. The molecular formula is C23H25N7O. The number of carbonyl (C=O) groups excluding carboxylic acids is 1. The van der Waals surface area contributed by atoms with Gasteiger partial charge in [-0.1, -0.05) is 25.8 Å². The van der Waals surface area contributed by atoms with Gasteiger partial charge in [0.25, 0.3) is 5.91 Å². The van der Waals surface area contributed by atoms with Gasteiger partial charge >= 0.3 is 0 Å². The Labute approximate surface area is 180 Å². The van der Waals surface area contributed by atoms with E-state index < -0.39 is 0 Å². The Morgan fingerprint density at radius 1 is 1.13 bits per heavy atom. The number of hydrogen-bond acceptors (Lipinski definition) is 5. The number of hydrogen-bond donors (Lipinski definition) is 1. The summed E-state index contributed by atoms with van der Waals surface area (Å²) in [5.41, 5.74) is 3.00. The lowest BCUT2D eigenvalue weighted by Gasteiger charge is -2.24. The van der Waals surface area contributed by atoms with Gasteiger partial charge < -0.3 is 5.32 Å². The van der Waals surface area contributed by atoms with Crippen molar-refractivity contribution in [1.82, 2.24) is 29.4 Å². The molecule has 0 spiro atoms. The van der Waals surface area contributed by atoms with Crippen LogP contribution in [0, 0.1) is 12.8 Å². The molecule has 4 heterocycles. The maximum Gasteiger partial charge on any atom is 0.262 e. The van der Waals surface area contributed by atoms with Gasteiger partial charge in [0, 0.05) is 30.6 Å². The molecule has 0 bridgehead atoms. The summed E-state index contributed by atoms with van der Waals surface area (Å²) >= 11 is 0. The van der Waals surface area contributed by atoms with Crippen molar-refractivity contribution in [3.05, 3.63) is 65.9 Å². The van der Waals surface area contributed by atoms with Crippen LogP contribution in [0.3, 0.4) is 0 Å². The van der Waals surface area contributed by atoms with E-state index in [1.165, 1.54) is 19.0 Å². The van der Waals surface area contributed by atoms with Crippen molar-refractivity contribution < 1.29 is 4.79 Å². The molecule has 31 heavy (non-hydrogen) atoms. The van der Waals surface area contributed by atoms with Crippen molar-refractivity contribution >= 4 is 17.4 Å². The zero-order valence-corrected chi connectivity index (χ0v) is 17.7. The molecular weight excluding hydrogens is 390 g/mol. The van der Waals surface area contributed by atoms with E-state index in [0.29, 0.717) is 28.8 Å². The topological polar surface area (TPSA) is 90.0 Å². The van der Waals surface area contributed by atoms with Crippen LogP contribution in [0.2, 0.25) is 0 Å². The molecule has 8 nitrogen and oxygen atoms in total. The number of carbonyl (C=O) groups is 1. The molecule has 4 aromatic heterocycles. The molecule has 1 saturated carbocycles. The highest BCUT2D eigenvalue weighted by Crippen LogP contribution is 2.36. The maximum absolute atomic E-state index is 13.1. The highest BCUT2D eigenvalue weighted by Gasteiger charge is 2.25. The summed E-state index contributed by atoms with van der Waals surface area (Å²) in [6, 6.07) is 7.67. The van der Waals surface area contributed by atoms with Gasteiger partial charge in [-0.05, 0) is 43.4 Å². The molecule has 0 radical (unpaired) electrons. The summed E-state index contributed by atoms with van der Waals surface area (Å²) in [6.07, 6.45) is 11.4. The van der Waals surface area contributed by atoms with Gasteiger partial charge in [0.1, 0.15) is 11.4 Å². The molecule has 1 N–H and O–H groups in total. The maximum atomic E-state index is 13.1. The largest absolute Gasteiger partial charge is 0.306 e. The van der Waals surface area contributed by atoms with Crippen molar-refractivity contribution in [2.75, 3.05) is 5.32 Å². The van der Waals surface area contributed by atoms with Crippen LogP contribution >= 0.6 is 0 Å². The standard InChI is InChI=1S/C23H25N7O/c1-15-4-7-17(8-5-15)19-12-21(30(28-19)20-9-6-16(2)13-25-20)27-23(31)18-14-26-29-11-3-10-24-22(18)29/h3,6,9-15,17H,4-5,7-8H2,1-2H3,(H,27,31). The summed E-state index contributed by atoms with van der Waals surface area (Å²) in [6.45, 7) is 4.30. The van der Waals surface area contributed by atoms with Crippen molar-refractivity contribution in [1.29, 1.82) is 0 Å². The molecule has 0 unspecified atom stereocenters. The first-order valence-electron chi connectivity index (χ1n) is 10.7. The van der Waals surface area contributed by atoms with Crippen LogP contribution in [0.4, 0.5) is 5.82 Å². The number of aryl methyl sites for hydroxylation is 1. The van der Waals surface area contributed by atoms with Crippen LogP contribution in [0.25, 0.3) is 11.5 Å². The Hall–Kier alpha value is -3.55. The molecule has 1 amide bonds. The summed E-state index contributed by atoms with van der Waals surface area (Å²) < 4.78 is 3.31. The number of anilines is 1. The Morgan fingerprint density at radius 2 is 1.97 bits per heavy atom. The van der Waals surface area contributed by atoms with Gasteiger partial charge in [0.05, 0.1) is 11.9 Å². The number of nitrogens with zero attached hydrogens (tertiary/aromatic N) is 6. The molecule has 1 fully saturated rings. The first-order valence-corrected chi connectivity index (χ1v) is 10.7. The minimum absolute atomic E-state index is 0.272. The molecule has 1 aliphatic carbocycles. The SMILES string of the molecule is Cc1ccc(-n2nc(C3CCC(C)CC3)cc2NC(=O)c2cnn3cccnc23)nc1. The van der Waals surface area contributed by atoms with Crippen LogP contribution in [-0.4, -0.2) is 35.3 Å². The van der Waals surface area contributed by atoms with Crippen molar-refractivity contribution in [2.24, 2.45) is 5.92 Å². The van der Waals surface area contributed by atoms with E-state index in [1.54, 1.807) is 33.9 Å². The third-order valence-electron chi connectivity index (χ3n) is 6.04. The van der Waals surface area contributed by atoms with Gasteiger partial charge in [-0.25, -0.2) is 14.5 Å². The molecule has 5 rings (SSSR count). The first-order chi connectivity index (χ1) is 15.1. The fourth-order valence-electron chi connectivity index (χ4n) is 4.17. The van der Waals surface area contributed by atoms with Crippen molar-refractivity contribution in [2.45, 2.75) is 45.4 Å². The van der Waals surface area contributed by atoms with E-state index in [0.717, 1.165) is 30.0 Å². The van der Waals surface area contributed by atoms with Gasteiger partial charge in [0.15, 0.2) is 11.5 Å². The molecule has 1 aliphatic rings. The number of pyridine rings is 1. The molecule has 0 atom stereocenters. The zero-order chi connectivity index (χ0) is 21.4. The second-order valence-electron chi connectivity index (χ2n) is 8.42. The van der Waals surface area contributed by atoms with E-state index in [9.17, 15) is 4.79 Å². The smallest absolute Gasteiger partial charge is 0.262 e. The third-order valence-corrected chi connectivity index (χ3v) is 6.04. The molecule has 8 heteroatoms. The van der Waals surface area contributed by atoms with Crippen LogP contribution in [-0.2, 0) is 0 Å². The van der Waals surface area contributed by atoms with E-state index in [4.69, 9.17) is 5.10 Å². The fourth-order valence-corrected chi connectivity index (χ4v) is 4.17. The number of aromatic nitrogens is 6. The number of rotatable bonds is 4. The number of fused-ring (bicyclic) bond motifs is 1. The predicted octanol–water partition coefficient (Wildman–Crippen LogP) is 4.16. The van der Waals surface area contributed by atoms with Crippen molar-refractivity contribution in [3.8, 4) is 5.82 Å². The van der Waals surface area contributed by atoms with Gasteiger partial charge in [0.2, 0.25) is 0 Å². The number of amides is 1. The van der Waals surface area contributed by atoms with E-state index >= 15 is 0 Å². The van der Waals surface area contributed by atoms with Crippen molar-refractivity contribution in [3.63, 3.8) is 0 Å². The van der Waals surface area contributed by atoms with Crippen LogP contribution in [0.15, 0.2) is 49.1 Å². The minimum Gasteiger partial charge on any atom is -0.306 e. The lowest BCUT2D eigenvalue weighted by molar-refractivity contribution is 0.102. The quantitative estimate of drug-likeness (QED) is 0.540. The number of nitrogens with one attached hydrogen (secondary N) is 1. The molecule has 4 aromatic rings. The van der Waals surface area contributed by atoms with E-state index in [2.05, 4.69) is 27.3 Å². The second kappa shape index (κ2) is 7.94. The minimum atomic E-state index is -0.272. The summed E-state index contributed by atoms with van der Waals surface area (Å²) in [5.74, 6) is 2.17. The van der Waals surface area contributed by atoms with Gasteiger partial charge in [-0.15, -0.1) is 0 Å². The fraction of sp³-hybridized carbons (Fsp3) is 0.348. The highest BCUT2D eigenvalue weighted by atomic mass is 16.1. The van der Waals surface area contributed by atoms with Crippen LogP contribution < -0.4 is 5.32 Å². The average molecular weight is 416 g/mol. The molecule has 0 saturated heterocycles. The van der Waals surface area contributed by atoms with E-state index in [1.807, 2.05) is 25.1 Å². The summed E-state index contributed by atoms with van der Waals surface area (Å²) in [5, 5.41) is 12.1. The zero-order valence-electron chi connectivity index (χ0n) is 17.7. The van der Waals surface area contributed by atoms with Crippen LogP contribution in [0.1, 0.15) is 60.1 Å². The Bertz CT molecular complexity index is 1220.